The molecule has 0 N–H and O–H groups in total. The summed E-state index contributed by atoms with van der Waals surface area (Å²) in [7, 11) is 0. The molecule has 5 heteroatoms. The molecule has 0 atom stereocenters. The summed E-state index contributed by atoms with van der Waals surface area (Å²) in [5.74, 6) is -0.508. The van der Waals surface area contributed by atoms with Gasteiger partial charge in [0.1, 0.15) is 5.82 Å². The number of rotatable bonds is 1. The SMILES string of the molecule is O=C(Cl)c1csc2ccc(F)cc2c1=O. The maximum absolute atomic E-state index is 12.9. The zero-order chi connectivity index (χ0) is 11.0. The average Bonchev–Trinajstić information content (AvgIpc) is 2.19. The Hall–Kier alpha value is -1.26. The second kappa shape index (κ2) is 3.72. The van der Waals surface area contributed by atoms with Crippen LogP contribution in [0.3, 0.4) is 0 Å². The summed E-state index contributed by atoms with van der Waals surface area (Å²) in [5.41, 5.74) is -0.636. The first-order valence-electron chi connectivity index (χ1n) is 4.00. The highest BCUT2D eigenvalue weighted by atomic mass is 35.5. The highest BCUT2D eigenvalue weighted by Crippen LogP contribution is 2.18. The molecular formula is C10H4ClFO2S. The van der Waals surface area contributed by atoms with E-state index in [9.17, 15) is 14.0 Å². The lowest BCUT2D eigenvalue weighted by atomic mass is 10.2. The molecule has 0 bridgehead atoms. The standard InChI is InChI=1S/C10H4ClFO2S/c11-10(14)7-4-15-8-2-1-5(12)3-6(8)9(7)13/h1-4H. The van der Waals surface area contributed by atoms with Crippen LogP contribution in [0.5, 0.6) is 0 Å². The Morgan fingerprint density at radius 1 is 1.40 bits per heavy atom. The predicted octanol–water partition coefficient (Wildman–Crippen LogP) is 2.78. The molecule has 2 rings (SSSR count). The van der Waals surface area contributed by atoms with Crippen molar-refractivity contribution in [1.82, 2.24) is 0 Å². The van der Waals surface area contributed by atoms with E-state index in [1.165, 1.54) is 28.8 Å². The summed E-state index contributed by atoms with van der Waals surface area (Å²) >= 11 is 6.41. The number of hydrogen-bond acceptors (Lipinski definition) is 3. The van der Waals surface area contributed by atoms with Crippen molar-refractivity contribution in [2.45, 2.75) is 0 Å². The summed E-state index contributed by atoms with van der Waals surface area (Å²) in [6.45, 7) is 0. The quantitative estimate of drug-likeness (QED) is 0.721. The molecule has 0 spiro atoms. The number of benzene rings is 1. The van der Waals surface area contributed by atoms with Gasteiger partial charge in [0.2, 0.25) is 0 Å². The summed E-state index contributed by atoms with van der Waals surface area (Å²) < 4.78 is 13.5. The Labute approximate surface area is 92.9 Å². The number of halogens is 2. The topological polar surface area (TPSA) is 34.1 Å². The first kappa shape index (κ1) is 10.3. The van der Waals surface area contributed by atoms with Crippen molar-refractivity contribution in [2.75, 3.05) is 0 Å². The zero-order valence-corrected chi connectivity index (χ0v) is 8.86. The van der Waals surface area contributed by atoms with Crippen molar-refractivity contribution in [1.29, 1.82) is 0 Å². The molecule has 1 heterocycles. The third-order valence-electron chi connectivity index (χ3n) is 1.95. The fourth-order valence-corrected chi connectivity index (χ4v) is 2.33. The van der Waals surface area contributed by atoms with Crippen molar-refractivity contribution >= 4 is 38.3 Å². The van der Waals surface area contributed by atoms with E-state index in [4.69, 9.17) is 11.6 Å². The molecule has 0 fully saturated rings. The molecule has 0 aliphatic heterocycles. The van der Waals surface area contributed by atoms with E-state index in [1.807, 2.05) is 0 Å². The molecular weight excluding hydrogens is 239 g/mol. The van der Waals surface area contributed by atoms with Gasteiger partial charge in [-0.3, -0.25) is 9.59 Å². The van der Waals surface area contributed by atoms with Crippen molar-refractivity contribution in [3.05, 3.63) is 45.2 Å². The molecule has 2 nitrogen and oxygen atoms in total. The van der Waals surface area contributed by atoms with Crippen molar-refractivity contribution < 1.29 is 9.18 Å². The summed E-state index contributed by atoms with van der Waals surface area (Å²) in [5, 5.41) is 0.756. The molecule has 0 aliphatic rings. The number of carbonyl (C=O) groups excluding carboxylic acids is 1. The van der Waals surface area contributed by atoms with Crippen LogP contribution in [0, 0.1) is 5.82 Å². The van der Waals surface area contributed by atoms with Crippen LogP contribution in [0.4, 0.5) is 4.39 Å². The Morgan fingerprint density at radius 2 is 2.13 bits per heavy atom. The monoisotopic (exact) mass is 242 g/mol. The lowest BCUT2D eigenvalue weighted by molar-refractivity contribution is 0.108. The van der Waals surface area contributed by atoms with Gasteiger partial charge in [-0.15, -0.1) is 11.3 Å². The van der Waals surface area contributed by atoms with Crippen LogP contribution in [0.1, 0.15) is 10.4 Å². The highest BCUT2D eigenvalue weighted by molar-refractivity contribution is 7.16. The molecule has 1 aromatic carbocycles. The molecule has 0 unspecified atom stereocenters. The Kier molecular flexibility index (Phi) is 2.54. The minimum atomic E-state index is -0.817. The van der Waals surface area contributed by atoms with Crippen molar-refractivity contribution in [3.8, 4) is 0 Å². The van der Waals surface area contributed by atoms with Gasteiger partial charge in [0, 0.05) is 15.5 Å². The van der Waals surface area contributed by atoms with Crippen molar-refractivity contribution in [3.63, 3.8) is 0 Å². The molecule has 15 heavy (non-hydrogen) atoms. The second-order valence-electron chi connectivity index (χ2n) is 2.89. The maximum Gasteiger partial charge on any atom is 0.257 e. The van der Waals surface area contributed by atoms with E-state index in [0.29, 0.717) is 4.70 Å². The maximum atomic E-state index is 12.9. The molecule has 76 valence electrons. The molecule has 0 amide bonds. The van der Waals surface area contributed by atoms with Crippen LogP contribution in [0.2, 0.25) is 0 Å². The summed E-state index contributed by atoms with van der Waals surface area (Å²) in [6.07, 6.45) is 0. The van der Waals surface area contributed by atoms with E-state index < -0.39 is 16.5 Å². The van der Waals surface area contributed by atoms with Crippen LogP contribution in [0.25, 0.3) is 10.1 Å². The minimum absolute atomic E-state index is 0.111. The minimum Gasteiger partial charge on any atom is -0.288 e. The molecule has 1 aromatic heterocycles. The van der Waals surface area contributed by atoms with Gasteiger partial charge in [-0.1, -0.05) is 0 Å². The first-order chi connectivity index (χ1) is 7.09. The molecule has 0 saturated heterocycles. The Morgan fingerprint density at radius 3 is 2.80 bits per heavy atom. The lowest BCUT2D eigenvalue weighted by Crippen LogP contribution is -2.10. The van der Waals surface area contributed by atoms with E-state index in [2.05, 4.69) is 0 Å². The van der Waals surface area contributed by atoms with Gasteiger partial charge >= 0.3 is 0 Å². The van der Waals surface area contributed by atoms with Crippen molar-refractivity contribution in [2.24, 2.45) is 0 Å². The fraction of sp³-hybridized carbons (Fsp3) is 0. The van der Waals surface area contributed by atoms with Crippen LogP contribution in [0.15, 0.2) is 28.4 Å². The largest absolute Gasteiger partial charge is 0.288 e. The second-order valence-corrected chi connectivity index (χ2v) is 4.15. The Bertz CT molecular complexity index is 606. The summed E-state index contributed by atoms with van der Waals surface area (Å²) in [6, 6.07) is 3.87. The van der Waals surface area contributed by atoms with Gasteiger partial charge in [0.15, 0.2) is 5.43 Å². The predicted molar refractivity (Wildman–Crippen MR) is 58.2 cm³/mol. The third-order valence-corrected chi connectivity index (χ3v) is 3.11. The smallest absolute Gasteiger partial charge is 0.257 e. The lowest BCUT2D eigenvalue weighted by Gasteiger charge is -1.97. The molecule has 0 aliphatic carbocycles. The fourth-order valence-electron chi connectivity index (χ4n) is 1.24. The first-order valence-corrected chi connectivity index (χ1v) is 5.26. The number of fused-ring (bicyclic) bond motifs is 1. The van der Waals surface area contributed by atoms with Crippen LogP contribution < -0.4 is 5.43 Å². The van der Waals surface area contributed by atoms with Crippen LogP contribution in [-0.2, 0) is 0 Å². The number of carbonyl (C=O) groups is 1. The van der Waals surface area contributed by atoms with Gasteiger partial charge in [0.25, 0.3) is 5.24 Å². The van der Waals surface area contributed by atoms with Gasteiger partial charge in [-0.2, -0.15) is 0 Å². The van der Waals surface area contributed by atoms with E-state index in [0.717, 1.165) is 6.07 Å². The molecule has 0 radical (unpaired) electrons. The zero-order valence-electron chi connectivity index (χ0n) is 7.29. The van der Waals surface area contributed by atoms with Crippen LogP contribution >= 0.6 is 22.9 Å². The molecule has 0 saturated carbocycles. The average molecular weight is 243 g/mol. The Balaban J connectivity index is 2.89. The molecule has 2 aromatic rings. The highest BCUT2D eigenvalue weighted by Gasteiger charge is 2.10. The van der Waals surface area contributed by atoms with Gasteiger partial charge in [-0.25, -0.2) is 4.39 Å². The summed E-state index contributed by atoms with van der Waals surface area (Å²) in [4.78, 5) is 22.5. The normalized spacial score (nSPS) is 10.5. The number of hydrogen-bond donors (Lipinski definition) is 0. The third kappa shape index (κ3) is 1.78. The van der Waals surface area contributed by atoms with Gasteiger partial charge < -0.3 is 0 Å². The van der Waals surface area contributed by atoms with Gasteiger partial charge in [-0.05, 0) is 29.8 Å². The van der Waals surface area contributed by atoms with E-state index in [1.54, 1.807) is 0 Å². The van der Waals surface area contributed by atoms with Gasteiger partial charge in [0.05, 0.1) is 5.56 Å². The van der Waals surface area contributed by atoms with E-state index in [-0.39, 0.29) is 10.9 Å². The van der Waals surface area contributed by atoms with Crippen LogP contribution in [-0.4, -0.2) is 5.24 Å². The van der Waals surface area contributed by atoms with E-state index >= 15 is 0 Å².